The first kappa shape index (κ1) is 20.5. The summed E-state index contributed by atoms with van der Waals surface area (Å²) in [5.74, 6) is -0.414. The van der Waals surface area contributed by atoms with Crippen molar-refractivity contribution in [3.63, 3.8) is 0 Å². The van der Waals surface area contributed by atoms with Gasteiger partial charge in [0.2, 0.25) is 5.91 Å². The standard InChI is InChI=1S/C24H28FN3O2/c25-19-5-3-4-18(14-19)24(30)28(22-7-2-1-6-21(22)26)15-16-8-12-20(13-9-16)27-23(29)17-10-11-17/h3-5,8-9,12-14,17,21-22H,1-2,6-7,10-11,15,26H2,(H,27,29). The largest absolute Gasteiger partial charge is 0.330 e. The number of nitrogens with two attached hydrogens (primary N) is 1. The smallest absolute Gasteiger partial charge is 0.254 e. The van der Waals surface area contributed by atoms with Crippen molar-refractivity contribution in [3.05, 3.63) is 65.5 Å². The predicted octanol–water partition coefficient (Wildman–Crippen LogP) is 4.09. The zero-order valence-corrected chi connectivity index (χ0v) is 17.0. The molecule has 2 aliphatic carbocycles. The molecule has 2 atom stereocenters. The van der Waals surface area contributed by atoms with Crippen molar-refractivity contribution in [3.8, 4) is 0 Å². The number of hydrogen-bond donors (Lipinski definition) is 2. The summed E-state index contributed by atoms with van der Waals surface area (Å²) >= 11 is 0. The van der Waals surface area contributed by atoms with Crippen LogP contribution in [0, 0.1) is 11.7 Å². The van der Waals surface area contributed by atoms with E-state index in [0.29, 0.717) is 12.1 Å². The summed E-state index contributed by atoms with van der Waals surface area (Å²) in [6, 6.07) is 13.2. The Morgan fingerprint density at radius 2 is 1.77 bits per heavy atom. The normalized spacial score (nSPS) is 21.1. The van der Waals surface area contributed by atoms with Gasteiger partial charge in [-0.3, -0.25) is 9.59 Å². The fraction of sp³-hybridized carbons (Fsp3) is 0.417. The van der Waals surface area contributed by atoms with Crippen LogP contribution in [0.3, 0.4) is 0 Å². The number of carbonyl (C=O) groups is 2. The monoisotopic (exact) mass is 409 g/mol. The summed E-state index contributed by atoms with van der Waals surface area (Å²) in [7, 11) is 0. The minimum Gasteiger partial charge on any atom is -0.330 e. The molecule has 2 aromatic rings. The number of halogens is 1. The highest BCUT2D eigenvalue weighted by molar-refractivity contribution is 5.95. The molecule has 0 saturated heterocycles. The number of hydrogen-bond acceptors (Lipinski definition) is 3. The summed E-state index contributed by atoms with van der Waals surface area (Å²) in [6.07, 6.45) is 5.74. The average molecular weight is 410 g/mol. The third-order valence-electron chi connectivity index (χ3n) is 6.04. The quantitative estimate of drug-likeness (QED) is 0.755. The fourth-order valence-corrected chi connectivity index (χ4v) is 4.13. The van der Waals surface area contributed by atoms with E-state index in [0.717, 1.165) is 49.8 Å². The molecule has 4 rings (SSSR count). The van der Waals surface area contributed by atoms with Crippen LogP contribution in [-0.4, -0.2) is 28.8 Å². The van der Waals surface area contributed by atoms with E-state index < -0.39 is 5.82 Å². The molecule has 5 nitrogen and oxygen atoms in total. The van der Waals surface area contributed by atoms with Crippen molar-refractivity contribution in [2.24, 2.45) is 11.7 Å². The van der Waals surface area contributed by atoms with E-state index in [1.807, 2.05) is 24.3 Å². The number of carbonyl (C=O) groups excluding carboxylic acids is 2. The zero-order chi connectivity index (χ0) is 21.1. The van der Waals surface area contributed by atoms with E-state index in [4.69, 9.17) is 5.73 Å². The van der Waals surface area contributed by atoms with E-state index in [-0.39, 0.29) is 29.8 Å². The highest BCUT2D eigenvalue weighted by atomic mass is 19.1. The van der Waals surface area contributed by atoms with E-state index in [2.05, 4.69) is 5.32 Å². The van der Waals surface area contributed by atoms with Gasteiger partial charge in [0.05, 0.1) is 0 Å². The average Bonchev–Trinajstić information content (AvgIpc) is 3.59. The van der Waals surface area contributed by atoms with Crippen LogP contribution in [0.15, 0.2) is 48.5 Å². The molecule has 0 aromatic heterocycles. The Balaban J connectivity index is 1.53. The van der Waals surface area contributed by atoms with Crippen LogP contribution >= 0.6 is 0 Å². The summed E-state index contributed by atoms with van der Waals surface area (Å²) in [5.41, 5.74) is 8.42. The molecule has 2 aromatic carbocycles. The number of anilines is 1. The first-order valence-electron chi connectivity index (χ1n) is 10.7. The van der Waals surface area contributed by atoms with Gasteiger partial charge in [-0.25, -0.2) is 4.39 Å². The van der Waals surface area contributed by atoms with Crippen LogP contribution in [0.4, 0.5) is 10.1 Å². The van der Waals surface area contributed by atoms with Crippen molar-refractivity contribution in [2.45, 2.75) is 57.2 Å². The minimum absolute atomic E-state index is 0.0684. The third kappa shape index (κ3) is 4.87. The fourth-order valence-electron chi connectivity index (χ4n) is 4.13. The Labute approximate surface area is 176 Å². The van der Waals surface area contributed by atoms with Crippen molar-refractivity contribution >= 4 is 17.5 Å². The highest BCUT2D eigenvalue weighted by Crippen LogP contribution is 2.30. The maximum atomic E-state index is 13.7. The SMILES string of the molecule is NC1CCCCC1N(Cc1ccc(NC(=O)C2CC2)cc1)C(=O)c1cccc(F)c1. The van der Waals surface area contributed by atoms with Gasteiger partial charge in [0.25, 0.3) is 5.91 Å². The van der Waals surface area contributed by atoms with Crippen molar-refractivity contribution < 1.29 is 14.0 Å². The Morgan fingerprint density at radius 3 is 2.43 bits per heavy atom. The maximum Gasteiger partial charge on any atom is 0.254 e. The molecule has 158 valence electrons. The molecule has 0 radical (unpaired) electrons. The topological polar surface area (TPSA) is 75.4 Å². The molecule has 2 saturated carbocycles. The second-order valence-corrected chi connectivity index (χ2v) is 8.42. The van der Waals surface area contributed by atoms with E-state index >= 15 is 0 Å². The number of benzene rings is 2. The molecule has 6 heteroatoms. The van der Waals surface area contributed by atoms with Crippen LogP contribution in [0.5, 0.6) is 0 Å². The number of nitrogens with one attached hydrogen (secondary N) is 1. The molecule has 2 unspecified atom stereocenters. The van der Waals surface area contributed by atoms with Gasteiger partial charge in [0.15, 0.2) is 0 Å². The molecular formula is C24H28FN3O2. The number of amides is 2. The first-order valence-corrected chi connectivity index (χ1v) is 10.7. The predicted molar refractivity (Wildman–Crippen MR) is 114 cm³/mol. The number of rotatable bonds is 6. The molecular weight excluding hydrogens is 381 g/mol. The lowest BCUT2D eigenvalue weighted by Gasteiger charge is -2.38. The molecule has 0 heterocycles. The van der Waals surface area contributed by atoms with Crippen LogP contribution in [0.1, 0.15) is 54.4 Å². The van der Waals surface area contributed by atoms with Gasteiger partial charge < -0.3 is 16.0 Å². The molecule has 30 heavy (non-hydrogen) atoms. The molecule has 0 spiro atoms. The third-order valence-corrected chi connectivity index (χ3v) is 6.04. The molecule has 2 aliphatic rings. The number of nitrogens with zero attached hydrogens (tertiary/aromatic N) is 1. The molecule has 3 N–H and O–H groups in total. The van der Waals surface area contributed by atoms with Gasteiger partial charge in [0.1, 0.15) is 5.82 Å². The Bertz CT molecular complexity index is 911. The van der Waals surface area contributed by atoms with E-state index in [9.17, 15) is 14.0 Å². The lowest BCUT2D eigenvalue weighted by Crippen LogP contribution is -2.51. The Kier molecular flexibility index (Phi) is 6.13. The van der Waals surface area contributed by atoms with Gasteiger partial charge in [-0.05, 0) is 61.6 Å². The summed E-state index contributed by atoms with van der Waals surface area (Å²) in [6.45, 7) is 0.393. The molecule has 0 aliphatic heterocycles. The highest BCUT2D eigenvalue weighted by Gasteiger charge is 2.32. The Hall–Kier alpha value is -2.73. The van der Waals surface area contributed by atoms with Gasteiger partial charge in [0, 0.05) is 35.8 Å². The zero-order valence-electron chi connectivity index (χ0n) is 17.0. The molecule has 2 fully saturated rings. The van der Waals surface area contributed by atoms with Gasteiger partial charge in [-0.15, -0.1) is 0 Å². The lowest BCUT2D eigenvalue weighted by molar-refractivity contribution is -0.117. The van der Waals surface area contributed by atoms with Crippen molar-refractivity contribution in [1.82, 2.24) is 4.90 Å². The summed E-state index contributed by atoms with van der Waals surface area (Å²) in [4.78, 5) is 27.0. The second kappa shape index (κ2) is 8.96. The molecule has 0 bridgehead atoms. The maximum absolute atomic E-state index is 13.7. The molecule has 2 amide bonds. The van der Waals surface area contributed by atoms with Gasteiger partial charge >= 0.3 is 0 Å². The van der Waals surface area contributed by atoms with Crippen LogP contribution < -0.4 is 11.1 Å². The van der Waals surface area contributed by atoms with Crippen LogP contribution in [0.2, 0.25) is 0 Å². The van der Waals surface area contributed by atoms with Crippen LogP contribution in [-0.2, 0) is 11.3 Å². The Morgan fingerprint density at radius 1 is 1.03 bits per heavy atom. The van der Waals surface area contributed by atoms with Crippen molar-refractivity contribution in [2.75, 3.05) is 5.32 Å². The lowest BCUT2D eigenvalue weighted by atomic mass is 9.89. The van der Waals surface area contributed by atoms with E-state index in [1.54, 1.807) is 17.0 Å². The summed E-state index contributed by atoms with van der Waals surface area (Å²) in [5, 5.41) is 2.93. The van der Waals surface area contributed by atoms with Gasteiger partial charge in [-0.1, -0.05) is 31.0 Å². The summed E-state index contributed by atoms with van der Waals surface area (Å²) < 4.78 is 13.7. The van der Waals surface area contributed by atoms with Gasteiger partial charge in [-0.2, -0.15) is 0 Å². The van der Waals surface area contributed by atoms with Crippen molar-refractivity contribution in [1.29, 1.82) is 0 Å². The van der Waals surface area contributed by atoms with E-state index in [1.165, 1.54) is 12.1 Å². The minimum atomic E-state index is -0.426. The first-order chi connectivity index (χ1) is 14.5. The second-order valence-electron chi connectivity index (χ2n) is 8.42. The van der Waals surface area contributed by atoms with Crippen LogP contribution in [0.25, 0.3) is 0 Å².